The lowest BCUT2D eigenvalue weighted by atomic mass is 9.78. The van der Waals surface area contributed by atoms with Gasteiger partial charge < -0.3 is 0 Å². The van der Waals surface area contributed by atoms with Crippen LogP contribution < -0.4 is 11.3 Å². The third kappa shape index (κ3) is 3.05. The zero-order valence-electron chi connectivity index (χ0n) is 10.8. The van der Waals surface area contributed by atoms with Gasteiger partial charge in [0.05, 0.1) is 6.04 Å². The van der Waals surface area contributed by atoms with Crippen molar-refractivity contribution in [3.8, 4) is 0 Å². The Labute approximate surface area is 104 Å². The van der Waals surface area contributed by atoms with Gasteiger partial charge in [0.2, 0.25) is 0 Å². The van der Waals surface area contributed by atoms with Gasteiger partial charge in [0.15, 0.2) is 0 Å². The van der Waals surface area contributed by atoms with Gasteiger partial charge in [-0.15, -0.1) is 0 Å². The molecule has 0 aromatic carbocycles. The van der Waals surface area contributed by atoms with E-state index in [9.17, 15) is 0 Å². The molecule has 1 saturated carbocycles. The third-order valence-electron chi connectivity index (χ3n) is 4.00. The molecule has 3 nitrogen and oxygen atoms in total. The molecule has 1 heterocycles. The first-order chi connectivity index (χ1) is 8.20. The summed E-state index contributed by atoms with van der Waals surface area (Å²) in [6, 6.07) is 4.46. The molecule has 2 rings (SSSR count). The molecule has 1 aliphatic rings. The second kappa shape index (κ2) is 5.61. The van der Waals surface area contributed by atoms with Crippen LogP contribution in [0.3, 0.4) is 0 Å². The van der Waals surface area contributed by atoms with Crippen molar-refractivity contribution in [2.24, 2.45) is 17.7 Å². The van der Waals surface area contributed by atoms with E-state index in [0.717, 1.165) is 11.6 Å². The summed E-state index contributed by atoms with van der Waals surface area (Å²) in [5.41, 5.74) is 5.26. The fraction of sp³-hybridized carbons (Fsp3) is 0.643. The Morgan fingerprint density at radius 1 is 1.29 bits per heavy atom. The normalized spacial score (nSPS) is 26.8. The van der Waals surface area contributed by atoms with E-state index in [-0.39, 0.29) is 6.04 Å². The first kappa shape index (κ1) is 12.5. The summed E-state index contributed by atoms with van der Waals surface area (Å²) in [4.78, 5) is 4.36. The number of aryl methyl sites for hydroxylation is 1. The van der Waals surface area contributed by atoms with Crippen molar-refractivity contribution in [2.75, 3.05) is 0 Å². The van der Waals surface area contributed by atoms with Crippen molar-refractivity contribution in [1.29, 1.82) is 0 Å². The van der Waals surface area contributed by atoms with Crippen LogP contribution in [0.1, 0.15) is 49.9 Å². The summed E-state index contributed by atoms with van der Waals surface area (Å²) in [5.74, 6) is 7.26. The monoisotopic (exact) mass is 233 g/mol. The Balaban J connectivity index is 2.08. The van der Waals surface area contributed by atoms with Crippen molar-refractivity contribution >= 4 is 0 Å². The maximum Gasteiger partial charge on any atom is 0.0503 e. The molecule has 1 fully saturated rings. The quantitative estimate of drug-likeness (QED) is 0.623. The van der Waals surface area contributed by atoms with Crippen molar-refractivity contribution in [2.45, 2.75) is 45.6 Å². The number of nitrogens with two attached hydrogens (primary N) is 1. The number of pyridine rings is 1. The maximum atomic E-state index is 5.73. The molecule has 1 unspecified atom stereocenters. The Kier molecular flexibility index (Phi) is 4.13. The van der Waals surface area contributed by atoms with Gasteiger partial charge in [0.1, 0.15) is 0 Å². The minimum absolute atomic E-state index is 0.260. The molecule has 0 aliphatic heterocycles. The standard InChI is InChI=1S/C14H23N3/c1-10-3-6-12(7-4-10)14(17-15)13-8-5-11(2)16-9-13/h5,8-10,12,14,17H,3-4,6-7,15H2,1-2H3. The van der Waals surface area contributed by atoms with Crippen LogP contribution in [0.4, 0.5) is 0 Å². The molecular weight excluding hydrogens is 210 g/mol. The predicted molar refractivity (Wildman–Crippen MR) is 70.2 cm³/mol. The van der Waals surface area contributed by atoms with Gasteiger partial charge in [-0.05, 0) is 43.2 Å². The second-order valence-electron chi connectivity index (χ2n) is 5.40. The van der Waals surface area contributed by atoms with Crippen LogP contribution in [-0.4, -0.2) is 4.98 Å². The van der Waals surface area contributed by atoms with Crippen LogP contribution in [0.25, 0.3) is 0 Å². The molecule has 0 bridgehead atoms. The largest absolute Gasteiger partial charge is 0.271 e. The van der Waals surface area contributed by atoms with E-state index >= 15 is 0 Å². The van der Waals surface area contributed by atoms with Crippen molar-refractivity contribution in [3.05, 3.63) is 29.6 Å². The van der Waals surface area contributed by atoms with Gasteiger partial charge in [-0.25, -0.2) is 0 Å². The lowest BCUT2D eigenvalue weighted by Gasteiger charge is -2.32. The number of nitrogens with zero attached hydrogens (tertiary/aromatic N) is 1. The van der Waals surface area contributed by atoms with E-state index in [4.69, 9.17) is 5.84 Å². The Morgan fingerprint density at radius 2 is 2.00 bits per heavy atom. The molecule has 1 aliphatic carbocycles. The maximum absolute atomic E-state index is 5.73. The van der Waals surface area contributed by atoms with Crippen molar-refractivity contribution in [3.63, 3.8) is 0 Å². The highest BCUT2D eigenvalue weighted by atomic mass is 15.2. The molecule has 17 heavy (non-hydrogen) atoms. The van der Waals surface area contributed by atoms with Crippen LogP contribution in [0.15, 0.2) is 18.3 Å². The van der Waals surface area contributed by atoms with E-state index in [1.165, 1.54) is 31.2 Å². The van der Waals surface area contributed by atoms with Crippen LogP contribution >= 0.6 is 0 Å². The van der Waals surface area contributed by atoms with Crippen LogP contribution in [-0.2, 0) is 0 Å². The van der Waals surface area contributed by atoms with Gasteiger partial charge in [-0.3, -0.25) is 16.3 Å². The van der Waals surface area contributed by atoms with E-state index in [2.05, 4.69) is 29.5 Å². The molecule has 0 saturated heterocycles. The molecule has 94 valence electrons. The number of aromatic nitrogens is 1. The molecule has 3 heteroatoms. The van der Waals surface area contributed by atoms with Gasteiger partial charge in [-0.1, -0.05) is 25.8 Å². The molecule has 0 radical (unpaired) electrons. The summed E-state index contributed by atoms with van der Waals surface area (Å²) in [6.07, 6.45) is 7.13. The molecule has 1 atom stereocenters. The molecule has 0 amide bonds. The lowest BCUT2D eigenvalue weighted by molar-refractivity contribution is 0.232. The van der Waals surface area contributed by atoms with Crippen molar-refractivity contribution < 1.29 is 0 Å². The highest BCUT2D eigenvalue weighted by Crippen LogP contribution is 2.36. The summed E-state index contributed by atoms with van der Waals surface area (Å²) in [7, 11) is 0. The Bertz CT molecular complexity index is 339. The van der Waals surface area contributed by atoms with Gasteiger partial charge in [0, 0.05) is 11.9 Å². The Hall–Kier alpha value is -0.930. The van der Waals surface area contributed by atoms with Gasteiger partial charge in [-0.2, -0.15) is 0 Å². The minimum atomic E-state index is 0.260. The minimum Gasteiger partial charge on any atom is -0.271 e. The van der Waals surface area contributed by atoms with Crippen LogP contribution in [0.2, 0.25) is 0 Å². The van der Waals surface area contributed by atoms with E-state index in [1.807, 2.05) is 13.1 Å². The van der Waals surface area contributed by atoms with Crippen LogP contribution in [0, 0.1) is 18.8 Å². The predicted octanol–water partition coefficient (Wildman–Crippen LogP) is 2.72. The first-order valence-electron chi connectivity index (χ1n) is 6.59. The van der Waals surface area contributed by atoms with E-state index in [1.54, 1.807) is 0 Å². The third-order valence-corrected chi connectivity index (χ3v) is 4.00. The average molecular weight is 233 g/mol. The average Bonchev–Trinajstić information content (AvgIpc) is 2.35. The molecule has 1 aromatic heterocycles. The fourth-order valence-electron chi connectivity index (χ4n) is 2.79. The SMILES string of the molecule is Cc1ccc(C(NN)C2CCC(C)CC2)cn1. The first-order valence-corrected chi connectivity index (χ1v) is 6.59. The van der Waals surface area contributed by atoms with Crippen LogP contribution in [0.5, 0.6) is 0 Å². The lowest BCUT2D eigenvalue weighted by Crippen LogP contribution is -2.35. The number of rotatable bonds is 3. The van der Waals surface area contributed by atoms with E-state index < -0.39 is 0 Å². The second-order valence-corrected chi connectivity index (χ2v) is 5.40. The molecular formula is C14H23N3. The molecule has 3 N–H and O–H groups in total. The van der Waals surface area contributed by atoms with Gasteiger partial charge >= 0.3 is 0 Å². The molecule has 1 aromatic rings. The number of hydrogen-bond donors (Lipinski definition) is 2. The van der Waals surface area contributed by atoms with E-state index in [0.29, 0.717) is 5.92 Å². The summed E-state index contributed by atoms with van der Waals surface area (Å²) in [5, 5.41) is 0. The highest BCUT2D eigenvalue weighted by Gasteiger charge is 2.26. The number of nitrogens with one attached hydrogen (secondary N) is 1. The fourth-order valence-corrected chi connectivity index (χ4v) is 2.79. The summed E-state index contributed by atoms with van der Waals surface area (Å²) < 4.78 is 0. The molecule has 0 spiro atoms. The number of hydrogen-bond acceptors (Lipinski definition) is 3. The Morgan fingerprint density at radius 3 is 2.53 bits per heavy atom. The zero-order valence-corrected chi connectivity index (χ0v) is 10.8. The zero-order chi connectivity index (χ0) is 12.3. The van der Waals surface area contributed by atoms with Gasteiger partial charge in [0.25, 0.3) is 0 Å². The number of hydrazine groups is 1. The topological polar surface area (TPSA) is 50.9 Å². The smallest absolute Gasteiger partial charge is 0.0503 e. The summed E-state index contributed by atoms with van der Waals surface area (Å²) in [6.45, 7) is 4.35. The highest BCUT2D eigenvalue weighted by molar-refractivity contribution is 5.18. The van der Waals surface area contributed by atoms with Crippen molar-refractivity contribution in [1.82, 2.24) is 10.4 Å². The summed E-state index contributed by atoms with van der Waals surface area (Å²) >= 11 is 0.